The van der Waals surface area contributed by atoms with Crippen LogP contribution in [0, 0.1) is 6.92 Å². The van der Waals surface area contributed by atoms with E-state index in [0.29, 0.717) is 49.1 Å². The van der Waals surface area contributed by atoms with E-state index in [1.165, 1.54) is 16.4 Å². The van der Waals surface area contributed by atoms with Gasteiger partial charge in [-0.3, -0.25) is 4.79 Å². The van der Waals surface area contributed by atoms with Gasteiger partial charge in [-0.15, -0.1) is 0 Å². The number of fused-ring (bicyclic) bond motifs is 2. The number of piperazine rings is 1. The molecule has 0 aliphatic carbocycles. The minimum Gasteiger partial charge on any atom is -0.490 e. The fraction of sp³-hybridized carbons (Fsp3) is 0.348. The van der Waals surface area contributed by atoms with E-state index in [9.17, 15) is 13.2 Å². The highest BCUT2D eigenvalue weighted by Gasteiger charge is 2.32. The normalized spacial score (nSPS) is 17.3. The summed E-state index contributed by atoms with van der Waals surface area (Å²) >= 11 is 0. The third-order valence-corrected chi connectivity index (χ3v) is 7.82. The van der Waals surface area contributed by atoms with Crippen molar-refractivity contribution in [1.82, 2.24) is 9.21 Å². The maximum absolute atomic E-state index is 13.2. The van der Waals surface area contributed by atoms with E-state index in [2.05, 4.69) is 0 Å². The van der Waals surface area contributed by atoms with Crippen molar-refractivity contribution in [2.24, 2.45) is 0 Å². The molecule has 1 amide bonds. The molecule has 0 saturated carbocycles. The van der Waals surface area contributed by atoms with Gasteiger partial charge in [-0.25, -0.2) is 8.42 Å². The van der Waals surface area contributed by atoms with Crippen molar-refractivity contribution in [1.29, 1.82) is 0 Å². The van der Waals surface area contributed by atoms with Crippen LogP contribution in [-0.4, -0.2) is 62.9 Å². The largest absolute Gasteiger partial charge is 0.490 e. The summed E-state index contributed by atoms with van der Waals surface area (Å²) < 4.78 is 44.8. The first-order valence-corrected chi connectivity index (χ1v) is 12.1. The molecule has 1 fully saturated rings. The lowest BCUT2D eigenvalue weighted by Gasteiger charge is -2.33. The zero-order chi connectivity index (χ0) is 22.3. The molecule has 0 unspecified atom stereocenters. The predicted molar refractivity (Wildman–Crippen MR) is 118 cm³/mol. The first kappa shape index (κ1) is 20.8. The summed E-state index contributed by atoms with van der Waals surface area (Å²) in [6.45, 7) is 3.89. The predicted octanol–water partition coefficient (Wildman–Crippen LogP) is 3.05. The van der Waals surface area contributed by atoms with Crippen molar-refractivity contribution >= 4 is 26.9 Å². The molecule has 8 nitrogen and oxygen atoms in total. The highest BCUT2D eigenvalue weighted by atomic mass is 32.2. The van der Waals surface area contributed by atoms with Crippen LogP contribution in [0.1, 0.15) is 22.5 Å². The number of furan rings is 1. The summed E-state index contributed by atoms with van der Waals surface area (Å²) in [5, 5.41) is 0.909. The lowest BCUT2D eigenvalue weighted by molar-refractivity contribution is 0.0667. The molecule has 168 valence electrons. The van der Waals surface area contributed by atoms with Gasteiger partial charge in [0.15, 0.2) is 17.3 Å². The molecule has 1 saturated heterocycles. The van der Waals surface area contributed by atoms with Crippen LogP contribution in [0.15, 0.2) is 51.8 Å². The third kappa shape index (κ3) is 3.61. The van der Waals surface area contributed by atoms with Gasteiger partial charge in [0.05, 0.1) is 18.1 Å². The van der Waals surface area contributed by atoms with Gasteiger partial charge in [-0.2, -0.15) is 4.31 Å². The second-order valence-corrected chi connectivity index (χ2v) is 9.85. The molecule has 2 aliphatic rings. The van der Waals surface area contributed by atoms with Crippen LogP contribution in [0.5, 0.6) is 11.5 Å². The molecule has 3 heterocycles. The Balaban J connectivity index is 1.31. The summed E-state index contributed by atoms with van der Waals surface area (Å²) in [5.41, 5.74) is 1.47. The number of ether oxygens (including phenoxy) is 2. The molecular weight excluding hydrogens is 432 g/mol. The van der Waals surface area contributed by atoms with E-state index < -0.39 is 10.0 Å². The lowest BCUT2D eigenvalue weighted by Crippen LogP contribution is -2.50. The first-order chi connectivity index (χ1) is 15.4. The molecule has 1 aromatic heterocycles. The van der Waals surface area contributed by atoms with Crippen LogP contribution in [0.3, 0.4) is 0 Å². The van der Waals surface area contributed by atoms with Gasteiger partial charge < -0.3 is 18.8 Å². The summed E-state index contributed by atoms with van der Waals surface area (Å²) in [4.78, 5) is 14.8. The van der Waals surface area contributed by atoms with E-state index >= 15 is 0 Å². The van der Waals surface area contributed by atoms with Crippen LogP contribution >= 0.6 is 0 Å². The zero-order valence-corrected chi connectivity index (χ0v) is 18.6. The van der Waals surface area contributed by atoms with Crippen molar-refractivity contribution in [3.8, 4) is 11.5 Å². The van der Waals surface area contributed by atoms with Crippen LogP contribution < -0.4 is 9.47 Å². The van der Waals surface area contributed by atoms with Crippen molar-refractivity contribution in [2.45, 2.75) is 18.2 Å². The fourth-order valence-electron chi connectivity index (χ4n) is 4.11. The number of para-hydroxylation sites is 1. The number of sulfonamides is 1. The number of benzene rings is 2. The average Bonchev–Trinajstić information content (AvgIpc) is 2.98. The molecular formula is C23H24N2O6S. The fourth-order valence-corrected chi connectivity index (χ4v) is 5.54. The first-order valence-electron chi connectivity index (χ1n) is 10.6. The second kappa shape index (κ2) is 8.14. The number of aryl methyl sites for hydroxylation is 1. The van der Waals surface area contributed by atoms with Crippen LogP contribution in [0.25, 0.3) is 11.0 Å². The molecule has 0 N–H and O–H groups in total. The minimum atomic E-state index is -3.71. The van der Waals surface area contributed by atoms with Gasteiger partial charge in [0, 0.05) is 49.6 Å². The SMILES string of the molecule is Cc1c(C(=O)N2CCN(S(=O)(=O)c3ccc4c(c3)OCCCO4)CC2)oc2ccccc12. The van der Waals surface area contributed by atoms with Gasteiger partial charge >= 0.3 is 0 Å². The number of rotatable bonds is 3. The Morgan fingerprint density at radius 3 is 2.41 bits per heavy atom. The maximum atomic E-state index is 13.2. The molecule has 0 bridgehead atoms. The van der Waals surface area contributed by atoms with Crippen molar-refractivity contribution < 1.29 is 27.1 Å². The van der Waals surface area contributed by atoms with Crippen LogP contribution in [0.2, 0.25) is 0 Å². The Kier molecular flexibility index (Phi) is 5.30. The van der Waals surface area contributed by atoms with E-state index in [4.69, 9.17) is 13.9 Å². The Morgan fingerprint density at radius 2 is 1.66 bits per heavy atom. The molecule has 2 aromatic carbocycles. The molecule has 2 aliphatic heterocycles. The van der Waals surface area contributed by atoms with E-state index in [1.54, 1.807) is 11.0 Å². The smallest absolute Gasteiger partial charge is 0.289 e. The molecule has 0 radical (unpaired) electrons. The maximum Gasteiger partial charge on any atom is 0.289 e. The van der Waals surface area contributed by atoms with Crippen LogP contribution in [0.4, 0.5) is 0 Å². The van der Waals surface area contributed by atoms with Gasteiger partial charge in [-0.05, 0) is 25.1 Å². The van der Waals surface area contributed by atoms with Gasteiger partial charge in [0.1, 0.15) is 5.58 Å². The van der Waals surface area contributed by atoms with Crippen molar-refractivity contribution in [3.05, 3.63) is 53.8 Å². The number of carbonyl (C=O) groups is 1. The lowest BCUT2D eigenvalue weighted by atomic mass is 10.1. The third-order valence-electron chi connectivity index (χ3n) is 5.92. The monoisotopic (exact) mass is 456 g/mol. The Hall–Kier alpha value is -3.04. The van der Waals surface area contributed by atoms with Crippen LogP contribution in [-0.2, 0) is 10.0 Å². The highest BCUT2D eigenvalue weighted by molar-refractivity contribution is 7.89. The molecule has 0 atom stereocenters. The number of nitrogens with zero attached hydrogens (tertiary/aromatic N) is 2. The standard InChI is InChI=1S/C23H24N2O6S/c1-16-18-5-2-3-6-19(18)31-22(16)23(26)24-9-11-25(12-10-24)32(27,28)17-7-8-20-21(15-17)30-14-4-13-29-20/h2-3,5-8,15H,4,9-14H2,1H3. The quantitative estimate of drug-likeness (QED) is 0.602. The molecule has 9 heteroatoms. The average molecular weight is 457 g/mol. The number of carbonyl (C=O) groups excluding carboxylic acids is 1. The summed E-state index contributed by atoms with van der Waals surface area (Å²) in [5.74, 6) is 1.09. The Bertz CT molecular complexity index is 1270. The number of amides is 1. The Labute approximate surface area is 186 Å². The highest BCUT2D eigenvalue weighted by Crippen LogP contribution is 2.33. The summed E-state index contributed by atoms with van der Waals surface area (Å²) in [6, 6.07) is 12.2. The van der Waals surface area contributed by atoms with E-state index in [-0.39, 0.29) is 23.9 Å². The molecule has 32 heavy (non-hydrogen) atoms. The molecule has 3 aromatic rings. The topological polar surface area (TPSA) is 89.3 Å². The zero-order valence-electron chi connectivity index (χ0n) is 17.7. The van der Waals surface area contributed by atoms with Gasteiger partial charge in [-0.1, -0.05) is 18.2 Å². The molecule has 0 spiro atoms. The van der Waals surface area contributed by atoms with Gasteiger partial charge in [0.25, 0.3) is 5.91 Å². The second-order valence-electron chi connectivity index (χ2n) is 7.91. The van der Waals surface area contributed by atoms with Crippen molar-refractivity contribution in [2.75, 3.05) is 39.4 Å². The summed E-state index contributed by atoms with van der Waals surface area (Å²) in [7, 11) is -3.71. The molecule has 5 rings (SSSR count). The Morgan fingerprint density at radius 1 is 0.938 bits per heavy atom. The van der Waals surface area contributed by atoms with E-state index in [0.717, 1.165) is 17.4 Å². The van der Waals surface area contributed by atoms with Gasteiger partial charge in [0.2, 0.25) is 10.0 Å². The van der Waals surface area contributed by atoms with E-state index in [1.807, 2.05) is 31.2 Å². The number of hydrogen-bond donors (Lipinski definition) is 0. The minimum absolute atomic E-state index is 0.162. The number of hydrogen-bond acceptors (Lipinski definition) is 6. The van der Waals surface area contributed by atoms with Crippen molar-refractivity contribution in [3.63, 3.8) is 0 Å². The summed E-state index contributed by atoms with van der Waals surface area (Å²) in [6.07, 6.45) is 0.747.